The Bertz CT molecular complexity index is 1100. The van der Waals surface area contributed by atoms with Crippen LogP contribution in [-0.2, 0) is 4.79 Å². The van der Waals surface area contributed by atoms with Crippen molar-refractivity contribution in [3.63, 3.8) is 0 Å². The number of likely N-dealkylation sites (N-methyl/N-ethyl adjacent to an activating group) is 1. The van der Waals surface area contributed by atoms with Crippen LogP contribution in [0.5, 0.6) is 0 Å². The maximum absolute atomic E-state index is 13.1. The molecule has 0 spiro atoms. The zero-order valence-electron chi connectivity index (χ0n) is 22.6. The van der Waals surface area contributed by atoms with Crippen molar-refractivity contribution in [2.24, 2.45) is 5.92 Å². The van der Waals surface area contributed by atoms with E-state index in [1.54, 1.807) is 0 Å². The molecule has 2 atom stereocenters. The van der Waals surface area contributed by atoms with Gasteiger partial charge in [0.2, 0.25) is 5.91 Å². The van der Waals surface area contributed by atoms with Gasteiger partial charge in [-0.05, 0) is 93.6 Å². The van der Waals surface area contributed by atoms with Gasteiger partial charge in [0.1, 0.15) is 0 Å². The monoisotopic (exact) mass is 537 g/mol. The number of hydrogen-bond donors (Lipinski definition) is 1. The number of halogens is 1. The summed E-state index contributed by atoms with van der Waals surface area (Å²) in [5.74, 6) is 0.885. The summed E-state index contributed by atoms with van der Waals surface area (Å²) in [7, 11) is 4.08. The van der Waals surface area contributed by atoms with E-state index in [-0.39, 0.29) is 18.0 Å². The Morgan fingerprint density at radius 2 is 1.61 bits per heavy atom. The van der Waals surface area contributed by atoms with Crippen LogP contribution in [-0.4, -0.2) is 86.0 Å². The number of nitrogens with one attached hydrogen (secondary N) is 1. The molecule has 2 aromatic carbocycles. The zero-order chi connectivity index (χ0) is 26.6. The Morgan fingerprint density at radius 1 is 0.895 bits per heavy atom. The molecule has 3 fully saturated rings. The lowest BCUT2D eigenvalue weighted by atomic mass is 9.89. The molecule has 2 aromatic rings. The molecule has 3 aliphatic heterocycles. The van der Waals surface area contributed by atoms with E-state index in [0.29, 0.717) is 11.8 Å². The van der Waals surface area contributed by atoms with Crippen molar-refractivity contribution in [3.8, 4) is 0 Å². The van der Waals surface area contributed by atoms with Gasteiger partial charge in [0.05, 0.1) is 12.0 Å². The van der Waals surface area contributed by atoms with Crippen LogP contribution in [0.1, 0.15) is 43.6 Å². The van der Waals surface area contributed by atoms with Crippen LogP contribution >= 0.6 is 11.6 Å². The van der Waals surface area contributed by atoms with Gasteiger partial charge in [0.15, 0.2) is 0 Å². The lowest BCUT2D eigenvalue weighted by Gasteiger charge is -2.34. The minimum Gasteiger partial charge on any atom is -0.369 e. The number of nitrogens with zero attached hydrogens (tertiary/aromatic N) is 4. The van der Waals surface area contributed by atoms with Gasteiger partial charge in [-0.15, -0.1) is 0 Å². The first kappa shape index (κ1) is 26.8. The lowest BCUT2D eigenvalue weighted by molar-refractivity contribution is -0.137. The van der Waals surface area contributed by atoms with Crippen molar-refractivity contribution in [3.05, 3.63) is 59.1 Å². The normalized spacial score (nSPS) is 22.9. The number of piperidine rings is 2. The van der Waals surface area contributed by atoms with Gasteiger partial charge in [-0.3, -0.25) is 4.79 Å². The van der Waals surface area contributed by atoms with E-state index in [1.165, 1.54) is 5.56 Å². The van der Waals surface area contributed by atoms with Crippen molar-refractivity contribution >= 4 is 34.9 Å². The Hall–Kier alpha value is -2.77. The zero-order valence-corrected chi connectivity index (χ0v) is 23.4. The van der Waals surface area contributed by atoms with E-state index in [1.807, 2.05) is 41.1 Å². The van der Waals surface area contributed by atoms with Crippen LogP contribution in [0.15, 0.2) is 48.5 Å². The molecule has 0 radical (unpaired) electrons. The highest BCUT2D eigenvalue weighted by atomic mass is 35.5. The minimum absolute atomic E-state index is 0.0398. The number of amides is 3. The molecular formula is C30H40ClN5O2. The summed E-state index contributed by atoms with van der Waals surface area (Å²) in [4.78, 5) is 34.5. The first-order valence-electron chi connectivity index (χ1n) is 14.0. The van der Waals surface area contributed by atoms with E-state index in [9.17, 15) is 9.59 Å². The van der Waals surface area contributed by atoms with Crippen LogP contribution in [0.25, 0.3) is 0 Å². The first-order chi connectivity index (χ1) is 18.4. The van der Waals surface area contributed by atoms with E-state index >= 15 is 0 Å². The number of urea groups is 1. The Kier molecular flexibility index (Phi) is 8.44. The van der Waals surface area contributed by atoms with E-state index < -0.39 is 0 Å². The maximum atomic E-state index is 13.1. The fourth-order valence-electron chi connectivity index (χ4n) is 6.24. The highest BCUT2D eigenvalue weighted by Gasteiger charge is 2.33. The van der Waals surface area contributed by atoms with Crippen molar-refractivity contribution in [1.82, 2.24) is 14.7 Å². The fourth-order valence-corrected chi connectivity index (χ4v) is 6.36. The number of hydrogen-bond acceptors (Lipinski definition) is 4. The smallest absolute Gasteiger partial charge is 0.321 e. The van der Waals surface area contributed by atoms with Crippen molar-refractivity contribution < 1.29 is 9.59 Å². The van der Waals surface area contributed by atoms with E-state index in [0.717, 1.165) is 87.8 Å². The van der Waals surface area contributed by atoms with Gasteiger partial charge < -0.3 is 24.9 Å². The fraction of sp³-hybridized carbons (Fsp3) is 0.533. The van der Waals surface area contributed by atoms with Crippen molar-refractivity contribution in [2.45, 2.75) is 44.1 Å². The Morgan fingerprint density at radius 3 is 2.29 bits per heavy atom. The van der Waals surface area contributed by atoms with Crippen LogP contribution in [0.4, 0.5) is 16.2 Å². The molecule has 0 aromatic heterocycles. The predicted molar refractivity (Wildman–Crippen MR) is 154 cm³/mol. The first-order valence-corrected chi connectivity index (χ1v) is 14.4. The largest absolute Gasteiger partial charge is 0.369 e. The number of carbonyl (C=O) groups is 2. The summed E-state index contributed by atoms with van der Waals surface area (Å²) < 4.78 is 0. The third kappa shape index (κ3) is 6.26. The average molecular weight is 538 g/mol. The molecule has 3 heterocycles. The van der Waals surface area contributed by atoms with Crippen LogP contribution in [0.3, 0.4) is 0 Å². The molecule has 0 bridgehead atoms. The topological polar surface area (TPSA) is 59.1 Å². The summed E-state index contributed by atoms with van der Waals surface area (Å²) >= 11 is 6.02. The van der Waals surface area contributed by atoms with Crippen LogP contribution in [0, 0.1) is 5.92 Å². The van der Waals surface area contributed by atoms with Crippen LogP contribution in [0.2, 0.25) is 5.02 Å². The molecule has 2 unspecified atom stereocenters. The third-order valence-electron chi connectivity index (χ3n) is 8.64. The second-order valence-electron chi connectivity index (χ2n) is 11.2. The summed E-state index contributed by atoms with van der Waals surface area (Å²) in [5.41, 5.74) is 3.24. The summed E-state index contributed by atoms with van der Waals surface area (Å²) in [6.07, 6.45) is 4.99. The Labute approximate surface area is 231 Å². The summed E-state index contributed by atoms with van der Waals surface area (Å²) in [6.45, 7) is 5.23. The molecule has 7 nitrogen and oxygen atoms in total. The number of carbonyl (C=O) groups excluding carboxylic acids is 2. The highest BCUT2D eigenvalue weighted by molar-refractivity contribution is 6.30. The molecule has 5 rings (SSSR count). The van der Waals surface area contributed by atoms with Gasteiger partial charge in [-0.2, -0.15) is 0 Å². The van der Waals surface area contributed by atoms with Crippen molar-refractivity contribution in [1.29, 1.82) is 0 Å². The van der Waals surface area contributed by atoms with Gasteiger partial charge in [-0.25, -0.2) is 4.79 Å². The SMILES string of the molecule is CN1CCCC(C(=O)N(C)C2CCN(c3ccc(NC(=O)N4CCC(c5ccc(Cl)cc5)CC4)cc3)C2)C1. The minimum atomic E-state index is -0.0398. The lowest BCUT2D eigenvalue weighted by Crippen LogP contribution is -2.46. The van der Waals surface area contributed by atoms with Gasteiger partial charge >= 0.3 is 6.03 Å². The molecule has 0 saturated carbocycles. The maximum Gasteiger partial charge on any atom is 0.321 e. The third-order valence-corrected chi connectivity index (χ3v) is 8.89. The van der Waals surface area contributed by atoms with Crippen LogP contribution < -0.4 is 10.2 Å². The number of benzene rings is 2. The summed E-state index contributed by atoms with van der Waals surface area (Å²) in [6, 6.07) is 16.4. The second kappa shape index (κ2) is 12.0. The predicted octanol–water partition coefficient (Wildman–Crippen LogP) is 5.13. The standard InChI is InChI=1S/C30H40ClN5O2/c1-33-16-3-4-24(20-33)29(37)34(2)28-15-19-36(21-28)27-11-9-26(10-12-27)32-30(38)35-17-13-23(14-18-35)22-5-7-25(31)8-6-22/h5-12,23-24,28H,3-4,13-21H2,1-2H3,(H,32,38). The molecule has 3 amide bonds. The van der Waals surface area contributed by atoms with Gasteiger partial charge in [0, 0.05) is 56.2 Å². The molecule has 3 aliphatic rings. The Balaban J connectivity index is 1.09. The van der Waals surface area contributed by atoms with Gasteiger partial charge in [-0.1, -0.05) is 23.7 Å². The molecule has 204 valence electrons. The quantitative estimate of drug-likeness (QED) is 0.574. The number of likely N-dealkylation sites (tertiary alicyclic amines) is 2. The van der Waals surface area contributed by atoms with Crippen molar-refractivity contribution in [2.75, 3.05) is 63.6 Å². The van der Waals surface area contributed by atoms with Gasteiger partial charge in [0.25, 0.3) is 0 Å². The number of rotatable bonds is 5. The van der Waals surface area contributed by atoms with E-state index in [4.69, 9.17) is 11.6 Å². The second-order valence-corrected chi connectivity index (χ2v) is 11.7. The highest BCUT2D eigenvalue weighted by Crippen LogP contribution is 2.30. The molecule has 38 heavy (non-hydrogen) atoms. The molecule has 1 N–H and O–H groups in total. The number of anilines is 2. The summed E-state index contributed by atoms with van der Waals surface area (Å²) in [5, 5.41) is 3.82. The molecule has 3 saturated heterocycles. The molecular weight excluding hydrogens is 498 g/mol. The van der Waals surface area contributed by atoms with E-state index in [2.05, 4.69) is 46.4 Å². The molecule has 8 heteroatoms. The molecule has 0 aliphatic carbocycles. The average Bonchev–Trinajstić information content (AvgIpc) is 3.43.